The van der Waals surface area contributed by atoms with Gasteiger partial charge >= 0.3 is 11.5 Å². The number of carbonyl (C=O) groups excluding carboxylic acids is 2. The topological polar surface area (TPSA) is 72.4 Å². The number of benzene rings is 1. The van der Waals surface area contributed by atoms with E-state index >= 15 is 0 Å². The van der Waals surface area contributed by atoms with Gasteiger partial charge in [-0.05, 0) is 67.6 Å². The predicted octanol–water partition coefficient (Wildman–Crippen LogP) is 8.19. The molecule has 0 atom stereocenters. The van der Waals surface area contributed by atoms with E-state index in [2.05, 4.69) is 4.98 Å². The van der Waals surface area contributed by atoms with E-state index in [1.165, 1.54) is 28.7 Å². The van der Waals surface area contributed by atoms with Crippen molar-refractivity contribution in [3.8, 4) is 11.3 Å². The lowest BCUT2D eigenvalue weighted by Crippen LogP contribution is -2.38. The van der Waals surface area contributed by atoms with E-state index in [-0.39, 0.29) is 52.7 Å². The molecule has 0 radical (unpaired) electrons. The lowest BCUT2D eigenvalue weighted by molar-refractivity contribution is -0.142. The number of piperidine rings is 1. The minimum absolute atomic E-state index is 0.0172. The van der Waals surface area contributed by atoms with Gasteiger partial charge in [-0.2, -0.15) is 13.2 Å². The fourth-order valence-corrected chi connectivity index (χ4v) is 7.78. The van der Waals surface area contributed by atoms with Crippen LogP contribution in [0.3, 0.4) is 0 Å². The summed E-state index contributed by atoms with van der Waals surface area (Å²) in [5.74, 6) is -0.230. The smallest absolute Gasteiger partial charge is 0.446 e. The highest BCUT2D eigenvalue weighted by atomic mass is 35.5. The first-order valence-electron chi connectivity index (χ1n) is 13.6. The van der Waals surface area contributed by atoms with Crippen molar-refractivity contribution in [1.82, 2.24) is 14.9 Å². The molecule has 1 fully saturated rings. The molecule has 0 aliphatic carbocycles. The van der Waals surface area contributed by atoms with Crippen molar-refractivity contribution < 1.29 is 27.5 Å². The van der Waals surface area contributed by atoms with E-state index in [9.17, 15) is 22.8 Å². The number of rotatable bonds is 8. The quantitative estimate of drug-likeness (QED) is 0.179. The van der Waals surface area contributed by atoms with E-state index in [0.717, 1.165) is 21.1 Å². The molecule has 42 heavy (non-hydrogen) atoms. The van der Waals surface area contributed by atoms with Crippen molar-refractivity contribution in [3.63, 3.8) is 0 Å². The molecule has 0 saturated carbocycles. The van der Waals surface area contributed by atoms with Crippen LogP contribution in [0.2, 0.25) is 4.34 Å². The molecule has 228 valence electrons. The summed E-state index contributed by atoms with van der Waals surface area (Å²) in [7, 11) is 0. The molecule has 1 aromatic carbocycles. The van der Waals surface area contributed by atoms with E-state index < -0.39 is 5.51 Å². The van der Waals surface area contributed by atoms with Crippen molar-refractivity contribution in [2.75, 3.05) is 19.7 Å². The molecule has 4 rings (SSSR count). The number of aryl methyl sites for hydroxylation is 1. The molecular formula is C29H33ClF3N3O3S3. The van der Waals surface area contributed by atoms with Crippen LogP contribution in [0.1, 0.15) is 72.6 Å². The van der Waals surface area contributed by atoms with E-state index in [1.807, 2.05) is 38.7 Å². The summed E-state index contributed by atoms with van der Waals surface area (Å²) in [6.45, 7) is 10.9. The molecule has 1 aliphatic rings. The molecule has 2 aromatic heterocycles. The van der Waals surface area contributed by atoms with Gasteiger partial charge in [0.1, 0.15) is 15.0 Å². The van der Waals surface area contributed by atoms with Gasteiger partial charge in [0.2, 0.25) is 5.91 Å². The second-order valence-electron chi connectivity index (χ2n) is 11.1. The third-order valence-corrected chi connectivity index (χ3v) is 10.2. The molecule has 0 N–H and O–H groups in total. The van der Waals surface area contributed by atoms with Crippen molar-refractivity contribution >= 4 is 57.9 Å². The maximum Gasteiger partial charge on any atom is 0.446 e. The van der Waals surface area contributed by atoms with Gasteiger partial charge in [0.05, 0.1) is 30.2 Å². The lowest BCUT2D eigenvalue weighted by atomic mass is 9.86. The Balaban J connectivity index is 1.43. The summed E-state index contributed by atoms with van der Waals surface area (Å²) < 4.78 is 45.1. The number of ether oxygens (including phenoxy) is 1. The number of hydrogen-bond acceptors (Lipinski definition) is 8. The first kappa shape index (κ1) is 32.8. The number of nitrogens with zero attached hydrogens (tertiary/aromatic N) is 3. The minimum Gasteiger partial charge on any atom is -0.466 e. The molecule has 0 bridgehead atoms. The van der Waals surface area contributed by atoms with Gasteiger partial charge in [0.15, 0.2) is 0 Å². The number of carbonyl (C=O) groups is 2. The Morgan fingerprint density at radius 1 is 1.10 bits per heavy atom. The van der Waals surface area contributed by atoms with Gasteiger partial charge in [-0.1, -0.05) is 32.4 Å². The average molecular weight is 660 g/mol. The number of alkyl halides is 3. The van der Waals surface area contributed by atoms with Crippen molar-refractivity contribution in [1.29, 1.82) is 0 Å². The molecule has 3 aromatic rings. The van der Waals surface area contributed by atoms with Crippen LogP contribution in [0.15, 0.2) is 23.1 Å². The molecule has 1 amide bonds. The SMILES string of the molecule is CCOC(=O)Cc1sc(CC(=O)N2CCC(c3nc(-c4cc(SC(F)(F)F)cc(C(C)(C)C)c4)c(Cl)s3)CC2)nc1C. The highest BCUT2D eigenvalue weighted by molar-refractivity contribution is 8.00. The van der Waals surface area contributed by atoms with Crippen molar-refractivity contribution in [2.24, 2.45) is 0 Å². The van der Waals surface area contributed by atoms with Crippen LogP contribution in [-0.4, -0.2) is 51.9 Å². The fraction of sp³-hybridized carbons (Fsp3) is 0.517. The van der Waals surface area contributed by atoms with Gasteiger partial charge in [0, 0.05) is 34.3 Å². The second kappa shape index (κ2) is 13.2. The molecular weight excluding hydrogens is 627 g/mol. The highest BCUT2D eigenvalue weighted by Crippen LogP contribution is 2.44. The zero-order valence-corrected chi connectivity index (χ0v) is 27.3. The van der Waals surface area contributed by atoms with Gasteiger partial charge in [-0.25, -0.2) is 9.97 Å². The number of amides is 1. The zero-order valence-electron chi connectivity index (χ0n) is 24.1. The number of halogens is 4. The average Bonchev–Trinajstić information content (AvgIpc) is 3.44. The Hall–Kier alpha value is -2.15. The van der Waals surface area contributed by atoms with Gasteiger partial charge in [-0.3, -0.25) is 9.59 Å². The third-order valence-electron chi connectivity index (χ3n) is 6.93. The molecule has 6 nitrogen and oxygen atoms in total. The van der Waals surface area contributed by atoms with E-state index in [0.29, 0.717) is 53.1 Å². The van der Waals surface area contributed by atoms with E-state index in [4.69, 9.17) is 21.3 Å². The molecule has 3 heterocycles. The van der Waals surface area contributed by atoms with Crippen LogP contribution in [0.25, 0.3) is 11.3 Å². The van der Waals surface area contributed by atoms with Gasteiger partial charge in [0.25, 0.3) is 0 Å². The number of esters is 1. The van der Waals surface area contributed by atoms with Crippen LogP contribution in [0.5, 0.6) is 0 Å². The molecule has 1 saturated heterocycles. The Labute approximate surface area is 261 Å². The van der Waals surface area contributed by atoms with Crippen LogP contribution in [0, 0.1) is 6.92 Å². The van der Waals surface area contributed by atoms with Gasteiger partial charge in [-0.15, -0.1) is 22.7 Å². The largest absolute Gasteiger partial charge is 0.466 e. The molecule has 13 heteroatoms. The Kier molecular flexibility index (Phi) is 10.3. The summed E-state index contributed by atoms with van der Waals surface area (Å²) in [5, 5.41) is 1.50. The summed E-state index contributed by atoms with van der Waals surface area (Å²) in [5.41, 5.74) is -2.20. The summed E-state index contributed by atoms with van der Waals surface area (Å²) >= 11 is 9.19. The first-order valence-corrected chi connectivity index (χ1v) is 16.4. The maximum atomic E-state index is 13.2. The number of thioether (sulfide) groups is 1. The number of likely N-dealkylation sites (tertiary alicyclic amines) is 1. The van der Waals surface area contributed by atoms with E-state index in [1.54, 1.807) is 13.0 Å². The molecule has 0 spiro atoms. The summed E-state index contributed by atoms with van der Waals surface area (Å²) in [6.07, 6.45) is 1.74. The van der Waals surface area contributed by atoms with Crippen LogP contribution in [0.4, 0.5) is 13.2 Å². The second-order valence-corrected chi connectivity index (χ2v) is 15.1. The fourth-order valence-electron chi connectivity index (χ4n) is 4.72. The van der Waals surface area contributed by atoms with Crippen LogP contribution < -0.4 is 0 Å². The number of aromatic nitrogens is 2. The minimum atomic E-state index is -4.40. The maximum absolute atomic E-state index is 13.2. The Morgan fingerprint density at radius 3 is 2.40 bits per heavy atom. The normalized spacial score (nSPS) is 14.8. The predicted molar refractivity (Wildman–Crippen MR) is 163 cm³/mol. The Bertz CT molecular complexity index is 1440. The van der Waals surface area contributed by atoms with Crippen molar-refractivity contribution in [2.45, 2.75) is 82.0 Å². The first-order chi connectivity index (χ1) is 19.6. The van der Waals surface area contributed by atoms with Crippen molar-refractivity contribution in [3.05, 3.63) is 48.7 Å². The van der Waals surface area contributed by atoms with Crippen LogP contribution in [-0.2, 0) is 32.6 Å². The number of thiazole rings is 2. The van der Waals surface area contributed by atoms with Crippen LogP contribution >= 0.6 is 46.0 Å². The van der Waals surface area contributed by atoms with Gasteiger partial charge < -0.3 is 9.64 Å². The standard InChI is InChI=1S/C29H33ClF3N3O3S3/c1-6-39-24(38)14-21-16(2)34-22(40-21)15-23(37)36-9-7-17(8-10-36)27-35-25(26(30)41-27)18-11-19(28(3,4)5)13-20(12-18)42-29(31,32)33/h11-13,17H,6-10,14-15H2,1-5H3. The monoisotopic (exact) mass is 659 g/mol. The highest BCUT2D eigenvalue weighted by Gasteiger charge is 2.31. The Morgan fingerprint density at radius 2 is 1.79 bits per heavy atom. The molecule has 0 unspecified atom stereocenters. The summed E-state index contributed by atoms with van der Waals surface area (Å²) in [4.78, 5) is 36.9. The summed E-state index contributed by atoms with van der Waals surface area (Å²) in [6, 6.07) is 4.94. The zero-order chi connectivity index (χ0) is 30.8. The third kappa shape index (κ3) is 8.48. The lowest BCUT2D eigenvalue weighted by Gasteiger charge is -2.31. The number of hydrogen-bond donors (Lipinski definition) is 0. The molecule has 1 aliphatic heterocycles.